The van der Waals surface area contributed by atoms with E-state index in [1.165, 1.54) is 0 Å². The molecule has 0 bridgehead atoms. The second kappa shape index (κ2) is 2.18. The van der Waals surface area contributed by atoms with Crippen molar-refractivity contribution in [3.05, 3.63) is 0 Å². The molecule has 1 saturated heterocycles. The van der Waals surface area contributed by atoms with Gasteiger partial charge in [-0.25, -0.2) is 0 Å². The fraction of sp³-hybridized carbons (Fsp3) is 1.00. The van der Waals surface area contributed by atoms with Crippen molar-refractivity contribution in [1.82, 2.24) is 0 Å². The van der Waals surface area contributed by atoms with E-state index in [1.807, 2.05) is 0 Å². The average Bonchev–Trinajstić information content (AvgIpc) is 1.57. The predicted octanol–water partition coefficient (Wildman–Crippen LogP) is -0.0893. The molecule has 1 rings (SSSR count). The molecule has 0 saturated carbocycles. The topological polar surface area (TPSA) is 63.6 Å². The van der Waals surface area contributed by atoms with Crippen molar-refractivity contribution >= 4 is 10.1 Å². The lowest BCUT2D eigenvalue weighted by atomic mass is 9.92. The van der Waals surface area contributed by atoms with Crippen LogP contribution in [-0.2, 0) is 14.9 Å². The molecule has 0 radical (unpaired) electrons. The Kier molecular flexibility index (Phi) is 1.74. The van der Waals surface area contributed by atoms with E-state index in [0.717, 1.165) is 0 Å². The SMILES string of the molecule is CC1(CS(=O)(=O)O)COC1. The Bertz CT molecular complexity index is 214. The molecule has 1 N–H and O–H groups in total. The third kappa shape index (κ3) is 1.93. The Morgan fingerprint density at radius 3 is 2.20 bits per heavy atom. The lowest BCUT2D eigenvalue weighted by Crippen LogP contribution is -2.44. The van der Waals surface area contributed by atoms with Gasteiger partial charge >= 0.3 is 0 Å². The zero-order valence-electron chi connectivity index (χ0n) is 5.70. The van der Waals surface area contributed by atoms with Crippen molar-refractivity contribution in [3.63, 3.8) is 0 Å². The second-order valence-electron chi connectivity index (χ2n) is 3.03. The van der Waals surface area contributed by atoms with Crippen LogP contribution in [-0.4, -0.2) is 31.9 Å². The van der Waals surface area contributed by atoms with Gasteiger partial charge in [0.15, 0.2) is 0 Å². The first-order valence-electron chi connectivity index (χ1n) is 2.94. The van der Waals surface area contributed by atoms with Crippen molar-refractivity contribution < 1.29 is 17.7 Å². The summed E-state index contributed by atoms with van der Waals surface area (Å²) in [5, 5.41) is 0. The Hall–Kier alpha value is -0.130. The second-order valence-corrected chi connectivity index (χ2v) is 4.48. The third-order valence-corrected chi connectivity index (χ3v) is 2.49. The van der Waals surface area contributed by atoms with Crippen molar-refractivity contribution in [2.45, 2.75) is 6.92 Å². The maximum absolute atomic E-state index is 10.3. The molecule has 0 aliphatic carbocycles. The smallest absolute Gasteiger partial charge is 0.265 e. The van der Waals surface area contributed by atoms with E-state index in [1.54, 1.807) is 6.92 Å². The van der Waals surface area contributed by atoms with Crippen LogP contribution in [0.4, 0.5) is 0 Å². The van der Waals surface area contributed by atoms with Gasteiger partial charge in [-0.15, -0.1) is 0 Å². The highest BCUT2D eigenvalue weighted by Crippen LogP contribution is 2.27. The summed E-state index contributed by atoms with van der Waals surface area (Å²) in [5.74, 6) is -0.194. The highest BCUT2D eigenvalue weighted by atomic mass is 32.2. The number of hydrogen-bond acceptors (Lipinski definition) is 3. The summed E-state index contributed by atoms with van der Waals surface area (Å²) < 4.78 is 33.9. The molecule has 0 unspecified atom stereocenters. The highest BCUT2D eigenvalue weighted by molar-refractivity contribution is 7.85. The van der Waals surface area contributed by atoms with Gasteiger partial charge in [-0.2, -0.15) is 8.42 Å². The van der Waals surface area contributed by atoms with E-state index in [-0.39, 0.29) is 11.2 Å². The summed E-state index contributed by atoms with van der Waals surface area (Å²) in [4.78, 5) is 0. The molecule has 60 valence electrons. The molecule has 1 aliphatic rings. The summed E-state index contributed by atoms with van der Waals surface area (Å²) in [7, 11) is -3.82. The van der Waals surface area contributed by atoms with Gasteiger partial charge in [0.1, 0.15) is 0 Å². The van der Waals surface area contributed by atoms with E-state index in [4.69, 9.17) is 9.29 Å². The Morgan fingerprint density at radius 1 is 1.60 bits per heavy atom. The molecule has 0 aromatic carbocycles. The lowest BCUT2D eigenvalue weighted by molar-refractivity contribution is -0.0876. The van der Waals surface area contributed by atoms with E-state index in [2.05, 4.69) is 0 Å². The quantitative estimate of drug-likeness (QED) is 0.582. The van der Waals surface area contributed by atoms with Crippen molar-refractivity contribution in [3.8, 4) is 0 Å². The molecule has 1 heterocycles. The molecular formula is C5H10O4S. The molecule has 1 fully saturated rings. The lowest BCUT2D eigenvalue weighted by Gasteiger charge is -2.36. The monoisotopic (exact) mass is 166 g/mol. The first kappa shape index (κ1) is 7.97. The van der Waals surface area contributed by atoms with Gasteiger partial charge in [0.05, 0.1) is 19.0 Å². The predicted molar refractivity (Wildman–Crippen MR) is 35.3 cm³/mol. The zero-order valence-corrected chi connectivity index (χ0v) is 6.52. The molecule has 0 amide bonds. The van der Waals surface area contributed by atoms with Crippen LogP contribution in [0.1, 0.15) is 6.92 Å². The van der Waals surface area contributed by atoms with Crippen LogP contribution in [0.3, 0.4) is 0 Å². The van der Waals surface area contributed by atoms with Crippen LogP contribution in [0.5, 0.6) is 0 Å². The van der Waals surface area contributed by atoms with Crippen LogP contribution < -0.4 is 0 Å². The van der Waals surface area contributed by atoms with E-state index < -0.39 is 10.1 Å². The third-order valence-electron chi connectivity index (χ3n) is 1.43. The first-order valence-corrected chi connectivity index (χ1v) is 4.55. The summed E-state index contributed by atoms with van der Waals surface area (Å²) >= 11 is 0. The van der Waals surface area contributed by atoms with Crippen LogP contribution in [0.15, 0.2) is 0 Å². The van der Waals surface area contributed by atoms with Crippen LogP contribution in [0, 0.1) is 5.41 Å². The fourth-order valence-corrected chi connectivity index (χ4v) is 2.02. The van der Waals surface area contributed by atoms with Crippen LogP contribution in [0.25, 0.3) is 0 Å². The van der Waals surface area contributed by atoms with Crippen molar-refractivity contribution in [1.29, 1.82) is 0 Å². The van der Waals surface area contributed by atoms with E-state index in [0.29, 0.717) is 13.2 Å². The van der Waals surface area contributed by atoms with Gasteiger partial charge in [0.2, 0.25) is 0 Å². The van der Waals surface area contributed by atoms with E-state index in [9.17, 15) is 8.42 Å². The summed E-state index contributed by atoms with van der Waals surface area (Å²) in [6.07, 6.45) is 0. The molecule has 0 aromatic heterocycles. The minimum absolute atomic E-state index is 0.194. The van der Waals surface area contributed by atoms with Gasteiger partial charge in [-0.05, 0) is 0 Å². The van der Waals surface area contributed by atoms with Gasteiger partial charge in [-0.1, -0.05) is 6.92 Å². The number of ether oxygens (including phenoxy) is 1. The molecule has 4 nitrogen and oxygen atoms in total. The van der Waals surface area contributed by atoms with Crippen LogP contribution in [0.2, 0.25) is 0 Å². The molecule has 0 aromatic rings. The fourth-order valence-electron chi connectivity index (χ4n) is 0.974. The standard InChI is InChI=1S/C5H10O4S/c1-5(2-9-3-5)4-10(6,7)8/h2-4H2,1H3,(H,6,7,8). The zero-order chi connectivity index (χ0) is 7.83. The van der Waals surface area contributed by atoms with Gasteiger partial charge in [-0.3, -0.25) is 4.55 Å². The summed E-state index contributed by atoms with van der Waals surface area (Å²) in [6.45, 7) is 2.61. The maximum Gasteiger partial charge on any atom is 0.265 e. The Labute approximate surface area is 59.9 Å². The number of rotatable bonds is 2. The molecule has 0 spiro atoms. The first-order chi connectivity index (χ1) is 4.41. The molecule has 1 aliphatic heterocycles. The maximum atomic E-state index is 10.3. The molecule has 10 heavy (non-hydrogen) atoms. The molecular weight excluding hydrogens is 156 g/mol. The normalized spacial score (nSPS) is 23.8. The average molecular weight is 166 g/mol. The van der Waals surface area contributed by atoms with Crippen molar-refractivity contribution in [2.24, 2.45) is 5.41 Å². The van der Waals surface area contributed by atoms with Gasteiger partial charge in [0.25, 0.3) is 10.1 Å². The van der Waals surface area contributed by atoms with Gasteiger partial charge in [0, 0.05) is 5.41 Å². The Balaban J connectivity index is 2.53. The van der Waals surface area contributed by atoms with Crippen LogP contribution >= 0.6 is 0 Å². The van der Waals surface area contributed by atoms with Crippen molar-refractivity contribution in [2.75, 3.05) is 19.0 Å². The Morgan fingerprint density at radius 2 is 2.10 bits per heavy atom. The minimum atomic E-state index is -3.82. The largest absolute Gasteiger partial charge is 0.380 e. The molecule has 0 atom stereocenters. The summed E-state index contributed by atoms with van der Waals surface area (Å²) in [5.41, 5.74) is -0.354. The minimum Gasteiger partial charge on any atom is -0.380 e. The summed E-state index contributed by atoms with van der Waals surface area (Å²) in [6, 6.07) is 0. The molecule has 5 heteroatoms. The number of hydrogen-bond donors (Lipinski definition) is 1. The highest BCUT2D eigenvalue weighted by Gasteiger charge is 2.37. The van der Waals surface area contributed by atoms with Gasteiger partial charge < -0.3 is 4.74 Å². The van der Waals surface area contributed by atoms with E-state index >= 15 is 0 Å².